The minimum Gasteiger partial charge on any atom is -0.341 e. The molecule has 2 rings (SSSR count). The molecule has 0 unspecified atom stereocenters. The molecule has 0 bridgehead atoms. The zero-order chi connectivity index (χ0) is 18.4. The zero-order valence-corrected chi connectivity index (χ0v) is 14.1. The summed E-state index contributed by atoms with van der Waals surface area (Å²) < 4.78 is 1.66. The third-order valence-corrected chi connectivity index (χ3v) is 3.50. The van der Waals surface area contributed by atoms with Crippen LogP contribution in [0.2, 0.25) is 0 Å². The topological polar surface area (TPSA) is 144 Å². The van der Waals surface area contributed by atoms with Crippen molar-refractivity contribution in [3.05, 3.63) is 68.2 Å². The third-order valence-electron chi connectivity index (χ3n) is 3.50. The molecule has 0 fully saturated rings. The Hall–Kier alpha value is -3.48. The maximum Gasteiger partial charge on any atom is 0.252 e. The summed E-state index contributed by atoms with van der Waals surface area (Å²) in [6.45, 7) is 3.73. The van der Waals surface area contributed by atoms with E-state index in [1.807, 2.05) is 19.9 Å². The average molecular weight is 339 g/mol. The van der Waals surface area contributed by atoms with E-state index in [-0.39, 0.29) is 18.1 Å². The number of benzene rings is 1. The lowest BCUT2D eigenvalue weighted by Crippen LogP contribution is -2.41. The van der Waals surface area contributed by atoms with E-state index in [0.717, 1.165) is 0 Å². The highest BCUT2D eigenvalue weighted by Gasteiger charge is 2.26. The molecule has 10 heteroatoms. The molecule has 1 N–H and O–H groups in total. The Balaban J connectivity index is 2.32. The van der Waals surface area contributed by atoms with E-state index in [0.29, 0.717) is 16.8 Å². The maximum atomic E-state index is 12.6. The Morgan fingerprint density at radius 1 is 1.32 bits per heavy atom. The van der Waals surface area contributed by atoms with Crippen LogP contribution in [0.3, 0.4) is 0 Å². The number of hydrogen-bond acceptors (Lipinski definition) is 4. The van der Waals surface area contributed by atoms with Crippen LogP contribution >= 0.6 is 0 Å². The van der Waals surface area contributed by atoms with Gasteiger partial charge in [-0.25, -0.2) is 0 Å². The molecule has 0 atom stereocenters. The second kappa shape index (κ2) is 7.39. The lowest BCUT2D eigenvalue weighted by molar-refractivity contribution is 0.0910. The van der Waals surface area contributed by atoms with Crippen LogP contribution in [0.4, 0.5) is 5.69 Å². The van der Waals surface area contributed by atoms with Gasteiger partial charge in [-0.1, -0.05) is 10.2 Å². The Labute approximate surface area is 143 Å². The first-order valence-electron chi connectivity index (χ1n) is 7.38. The van der Waals surface area contributed by atoms with Gasteiger partial charge in [-0.15, -0.1) is 0 Å². The van der Waals surface area contributed by atoms with Gasteiger partial charge in [0.25, 0.3) is 5.91 Å². The molecule has 1 amide bonds. The van der Waals surface area contributed by atoms with Crippen molar-refractivity contribution in [3.63, 3.8) is 0 Å². The van der Waals surface area contributed by atoms with Gasteiger partial charge in [0.15, 0.2) is 0 Å². The molecule has 128 valence electrons. The zero-order valence-electron chi connectivity index (χ0n) is 14.1. The molecule has 0 aliphatic carbocycles. The molecule has 1 aromatic heterocycles. The highest BCUT2D eigenvalue weighted by molar-refractivity contribution is 5.95. The molecule has 0 spiro atoms. The number of carbonyl (C=O) groups is 1. The van der Waals surface area contributed by atoms with E-state index in [2.05, 4.69) is 30.5 Å². The van der Waals surface area contributed by atoms with Crippen LogP contribution < -0.4 is 5.32 Å². The smallest absolute Gasteiger partial charge is 0.252 e. The van der Waals surface area contributed by atoms with Crippen molar-refractivity contribution in [1.29, 1.82) is 0 Å². The first-order chi connectivity index (χ1) is 11.9. The quantitative estimate of drug-likeness (QED) is 0.484. The molecular weight excluding hydrogens is 322 g/mol. The second-order valence-electron chi connectivity index (χ2n) is 5.92. The molecule has 10 nitrogen and oxygen atoms in total. The summed E-state index contributed by atoms with van der Waals surface area (Å²) in [4.78, 5) is 18.1. The van der Waals surface area contributed by atoms with E-state index in [4.69, 9.17) is 11.1 Å². The van der Waals surface area contributed by atoms with Gasteiger partial charge in [0.05, 0.1) is 17.8 Å². The highest BCUT2D eigenvalue weighted by Crippen LogP contribution is 2.22. The molecule has 2 aromatic rings. The Morgan fingerprint density at radius 3 is 2.68 bits per heavy atom. The summed E-state index contributed by atoms with van der Waals surface area (Å²) in [6, 6.07) is 6.46. The number of hydrogen-bond donors (Lipinski definition) is 1. The highest BCUT2D eigenvalue weighted by atomic mass is 16.1. The van der Waals surface area contributed by atoms with E-state index in [1.54, 1.807) is 30.1 Å². The second-order valence-corrected chi connectivity index (χ2v) is 5.92. The van der Waals surface area contributed by atoms with Gasteiger partial charge < -0.3 is 5.32 Å². The number of nitrogens with one attached hydrogen (secondary N) is 1. The third kappa shape index (κ3) is 4.51. The van der Waals surface area contributed by atoms with Crippen molar-refractivity contribution in [1.82, 2.24) is 15.1 Å². The summed E-state index contributed by atoms with van der Waals surface area (Å²) in [6.07, 6.45) is 1.80. The molecule has 1 heterocycles. The standard InChI is InChI=1S/C15H17N9O/c1-15(2,13-4-5-24(3)21-13)19-14(25)11-6-10(9-18-22-16)7-12(8-11)20-23-17/h4-8H,9H2,1-3H3,(H,19,25). The normalized spacial score (nSPS) is 10.5. The average Bonchev–Trinajstić information content (AvgIpc) is 3.00. The lowest BCUT2D eigenvalue weighted by Gasteiger charge is -2.24. The van der Waals surface area contributed by atoms with E-state index in [9.17, 15) is 4.79 Å². The number of aromatic nitrogens is 2. The predicted molar refractivity (Wildman–Crippen MR) is 91.8 cm³/mol. The molecule has 0 saturated heterocycles. The lowest BCUT2D eigenvalue weighted by atomic mass is 9.99. The Morgan fingerprint density at radius 2 is 2.08 bits per heavy atom. The molecule has 0 radical (unpaired) electrons. The van der Waals surface area contributed by atoms with Gasteiger partial charge in [-0.3, -0.25) is 9.48 Å². The SMILES string of the molecule is Cn1ccc(C(C)(C)NC(=O)c2cc(CN=[N+]=[N-])cc(N=[N+]=[N-])c2)n1. The number of amides is 1. The summed E-state index contributed by atoms with van der Waals surface area (Å²) >= 11 is 0. The van der Waals surface area contributed by atoms with Crippen molar-refractivity contribution in [2.75, 3.05) is 0 Å². The Kier molecular flexibility index (Phi) is 5.28. The number of aryl methyl sites for hydroxylation is 1. The summed E-state index contributed by atoms with van der Waals surface area (Å²) in [5, 5.41) is 14.2. The van der Waals surface area contributed by atoms with Crippen molar-refractivity contribution < 1.29 is 4.79 Å². The van der Waals surface area contributed by atoms with Crippen LogP contribution in [0.1, 0.15) is 35.5 Å². The van der Waals surface area contributed by atoms with Crippen LogP contribution in [0, 0.1) is 0 Å². The van der Waals surface area contributed by atoms with Crippen LogP contribution in [-0.4, -0.2) is 15.7 Å². The molecule has 0 aliphatic heterocycles. The molecule has 25 heavy (non-hydrogen) atoms. The fourth-order valence-electron chi connectivity index (χ4n) is 2.29. The Bertz CT molecular complexity index is 886. The largest absolute Gasteiger partial charge is 0.341 e. The first kappa shape index (κ1) is 17.9. The fourth-order valence-corrected chi connectivity index (χ4v) is 2.29. The van der Waals surface area contributed by atoms with Crippen molar-refractivity contribution in [2.45, 2.75) is 25.9 Å². The number of rotatable bonds is 6. The summed E-state index contributed by atoms with van der Waals surface area (Å²) in [7, 11) is 1.80. The fraction of sp³-hybridized carbons (Fsp3) is 0.333. The van der Waals surface area contributed by atoms with Gasteiger partial charge in [0.2, 0.25) is 0 Å². The minimum atomic E-state index is -0.697. The molecule has 0 aliphatic rings. The molecule has 0 saturated carbocycles. The monoisotopic (exact) mass is 339 g/mol. The van der Waals surface area contributed by atoms with E-state index < -0.39 is 5.54 Å². The minimum absolute atomic E-state index is 0.0508. The van der Waals surface area contributed by atoms with Gasteiger partial charge >= 0.3 is 0 Å². The number of nitrogens with zero attached hydrogens (tertiary/aromatic N) is 8. The van der Waals surface area contributed by atoms with E-state index >= 15 is 0 Å². The predicted octanol–water partition coefficient (Wildman–Crippen LogP) is 3.84. The summed E-state index contributed by atoms with van der Waals surface area (Å²) in [5.74, 6) is -0.354. The van der Waals surface area contributed by atoms with E-state index in [1.165, 1.54) is 6.07 Å². The maximum absolute atomic E-state index is 12.6. The van der Waals surface area contributed by atoms with Crippen LogP contribution in [-0.2, 0) is 19.1 Å². The van der Waals surface area contributed by atoms with Gasteiger partial charge in [-0.05, 0) is 54.7 Å². The van der Waals surface area contributed by atoms with Crippen molar-refractivity contribution >= 4 is 11.6 Å². The van der Waals surface area contributed by atoms with Gasteiger partial charge in [0.1, 0.15) is 0 Å². The number of azide groups is 2. The summed E-state index contributed by atoms with van der Waals surface area (Å²) in [5.41, 5.74) is 18.2. The van der Waals surface area contributed by atoms with Crippen LogP contribution in [0.5, 0.6) is 0 Å². The van der Waals surface area contributed by atoms with Crippen LogP contribution in [0.25, 0.3) is 20.9 Å². The number of carbonyl (C=O) groups excluding carboxylic acids is 1. The van der Waals surface area contributed by atoms with Crippen molar-refractivity contribution in [3.8, 4) is 0 Å². The van der Waals surface area contributed by atoms with Crippen LogP contribution in [0.15, 0.2) is 40.7 Å². The van der Waals surface area contributed by atoms with Gasteiger partial charge in [-0.2, -0.15) is 5.10 Å². The first-order valence-corrected chi connectivity index (χ1v) is 7.38. The van der Waals surface area contributed by atoms with Gasteiger partial charge in [0, 0.05) is 34.3 Å². The molecular formula is C15H17N9O. The molecule has 1 aromatic carbocycles. The van der Waals surface area contributed by atoms with Crippen molar-refractivity contribution in [2.24, 2.45) is 17.3 Å².